The maximum Gasteiger partial charge on any atom is 0.278 e. The number of ether oxygens (including phenoxy) is 1. The van der Waals surface area contributed by atoms with Gasteiger partial charge in [0.1, 0.15) is 11.3 Å². The number of aromatic hydroxyl groups is 1. The van der Waals surface area contributed by atoms with E-state index in [0.717, 1.165) is 0 Å². The third kappa shape index (κ3) is 2.39. The second kappa shape index (κ2) is 5.58. The fourth-order valence-corrected chi connectivity index (χ4v) is 2.42. The van der Waals surface area contributed by atoms with Crippen molar-refractivity contribution in [2.75, 3.05) is 7.11 Å². The minimum absolute atomic E-state index is 0.109. The second-order valence-electron chi connectivity index (χ2n) is 4.46. The molecule has 0 saturated carbocycles. The van der Waals surface area contributed by atoms with E-state index in [1.165, 1.54) is 16.5 Å². The second-order valence-corrected chi connectivity index (χ2v) is 4.87. The van der Waals surface area contributed by atoms with Gasteiger partial charge in [-0.05, 0) is 19.1 Å². The number of hydrogen-bond donors (Lipinski definition) is 1. The molecule has 21 heavy (non-hydrogen) atoms. The molecular weight excluding hydrogens is 292 g/mol. The molecule has 0 fully saturated rings. The average Bonchev–Trinajstić information content (AvgIpc) is 2.64. The fourth-order valence-electron chi connectivity index (χ4n) is 2.12. The number of methoxy groups -OCH3 is 1. The van der Waals surface area contributed by atoms with Crippen LogP contribution in [0.25, 0.3) is 11.1 Å². The molecule has 0 spiro atoms. The monoisotopic (exact) mass is 306 g/mol. The van der Waals surface area contributed by atoms with E-state index < -0.39 is 0 Å². The van der Waals surface area contributed by atoms with Gasteiger partial charge in [0, 0.05) is 19.7 Å². The van der Waals surface area contributed by atoms with Crippen LogP contribution in [0.2, 0.25) is 5.02 Å². The van der Waals surface area contributed by atoms with Crippen molar-refractivity contribution in [1.82, 2.24) is 9.36 Å². The van der Waals surface area contributed by atoms with Crippen molar-refractivity contribution in [2.45, 2.75) is 6.92 Å². The summed E-state index contributed by atoms with van der Waals surface area (Å²) >= 11 is 6.27. The summed E-state index contributed by atoms with van der Waals surface area (Å²) in [6.45, 7) is 1.72. The zero-order valence-corrected chi connectivity index (χ0v) is 12.9. The Bertz CT molecular complexity index is 822. The van der Waals surface area contributed by atoms with Crippen LogP contribution in [0, 0.1) is 11.8 Å². The van der Waals surface area contributed by atoms with E-state index in [1.54, 1.807) is 33.2 Å². The highest BCUT2D eigenvalue weighted by molar-refractivity contribution is 6.34. The van der Waals surface area contributed by atoms with Gasteiger partial charge in [-0.25, -0.2) is 0 Å². The van der Waals surface area contributed by atoms with E-state index in [2.05, 4.69) is 11.8 Å². The number of aromatic nitrogens is 2. The highest BCUT2D eigenvalue weighted by atomic mass is 35.5. The van der Waals surface area contributed by atoms with Gasteiger partial charge in [0.15, 0.2) is 0 Å². The highest BCUT2D eigenvalue weighted by Crippen LogP contribution is 2.39. The summed E-state index contributed by atoms with van der Waals surface area (Å²) in [6, 6.07) is 3.32. The summed E-state index contributed by atoms with van der Waals surface area (Å²) in [4.78, 5) is 12.3. The fraction of sp³-hybridized carbons (Fsp3) is 0.267. The zero-order chi connectivity index (χ0) is 15.7. The van der Waals surface area contributed by atoms with Gasteiger partial charge in [-0.2, -0.15) is 0 Å². The van der Waals surface area contributed by atoms with Crippen molar-refractivity contribution in [3.05, 3.63) is 33.1 Å². The smallest absolute Gasteiger partial charge is 0.278 e. The summed E-state index contributed by atoms with van der Waals surface area (Å²) in [7, 11) is 4.61. The van der Waals surface area contributed by atoms with Crippen molar-refractivity contribution in [1.29, 1.82) is 0 Å². The standard InChI is InChI=1S/C15H15ClN2O3/c1-5-6-9-7-10(16)12(11(8-9)21-4)13-14(19)17(2)18(3)15(13)20/h7-8,19H,1-4H3. The molecule has 0 aliphatic rings. The molecule has 1 aromatic carbocycles. The lowest BCUT2D eigenvalue weighted by atomic mass is 10.0. The first-order chi connectivity index (χ1) is 9.92. The summed E-state index contributed by atoms with van der Waals surface area (Å²) in [5.41, 5.74) is 0.789. The summed E-state index contributed by atoms with van der Waals surface area (Å²) in [5.74, 6) is 5.87. The lowest BCUT2D eigenvalue weighted by Gasteiger charge is -2.10. The van der Waals surface area contributed by atoms with Gasteiger partial charge < -0.3 is 9.84 Å². The molecule has 0 amide bonds. The molecule has 0 bridgehead atoms. The Morgan fingerprint density at radius 3 is 2.38 bits per heavy atom. The molecule has 0 radical (unpaired) electrons. The molecule has 6 heteroatoms. The maximum atomic E-state index is 12.3. The van der Waals surface area contributed by atoms with E-state index in [1.807, 2.05) is 0 Å². The third-order valence-corrected chi connectivity index (χ3v) is 3.58. The molecule has 0 atom stereocenters. The molecule has 0 unspecified atom stereocenters. The molecule has 0 aliphatic carbocycles. The molecular formula is C15H15ClN2O3. The number of hydrogen-bond acceptors (Lipinski definition) is 3. The average molecular weight is 307 g/mol. The Hall–Kier alpha value is -2.32. The van der Waals surface area contributed by atoms with Crippen LogP contribution in [0.15, 0.2) is 16.9 Å². The van der Waals surface area contributed by atoms with Gasteiger partial charge in [-0.3, -0.25) is 14.2 Å². The summed E-state index contributed by atoms with van der Waals surface area (Å²) in [6.07, 6.45) is 0. The first kappa shape index (κ1) is 15.1. The number of benzene rings is 1. The molecule has 0 saturated heterocycles. The van der Waals surface area contributed by atoms with Crippen molar-refractivity contribution in [3.63, 3.8) is 0 Å². The van der Waals surface area contributed by atoms with Crippen LogP contribution < -0.4 is 10.3 Å². The van der Waals surface area contributed by atoms with Gasteiger partial charge in [0.05, 0.1) is 17.7 Å². The number of halogens is 1. The van der Waals surface area contributed by atoms with Crippen molar-refractivity contribution in [2.24, 2.45) is 14.1 Å². The Balaban J connectivity index is 2.84. The van der Waals surface area contributed by atoms with Crippen LogP contribution in [-0.2, 0) is 14.1 Å². The predicted octanol–water partition coefficient (Wildman–Crippen LogP) is 2.13. The molecule has 1 heterocycles. The van der Waals surface area contributed by atoms with Crippen LogP contribution >= 0.6 is 11.6 Å². The van der Waals surface area contributed by atoms with Gasteiger partial charge in [-0.1, -0.05) is 17.5 Å². The Morgan fingerprint density at radius 2 is 1.90 bits per heavy atom. The first-order valence-electron chi connectivity index (χ1n) is 6.18. The molecule has 5 nitrogen and oxygen atoms in total. The first-order valence-corrected chi connectivity index (χ1v) is 6.55. The van der Waals surface area contributed by atoms with Crippen molar-refractivity contribution < 1.29 is 9.84 Å². The van der Waals surface area contributed by atoms with E-state index >= 15 is 0 Å². The zero-order valence-electron chi connectivity index (χ0n) is 12.2. The molecule has 1 N–H and O–H groups in total. The van der Waals surface area contributed by atoms with Crippen LogP contribution in [0.5, 0.6) is 11.6 Å². The van der Waals surface area contributed by atoms with E-state index in [-0.39, 0.29) is 17.0 Å². The third-order valence-electron chi connectivity index (χ3n) is 3.28. The highest BCUT2D eigenvalue weighted by Gasteiger charge is 2.23. The van der Waals surface area contributed by atoms with Crippen LogP contribution in [0.4, 0.5) is 0 Å². The molecule has 2 aromatic rings. The predicted molar refractivity (Wildman–Crippen MR) is 81.9 cm³/mol. The maximum absolute atomic E-state index is 12.3. The number of nitrogens with zero attached hydrogens (tertiary/aromatic N) is 2. The normalized spacial score (nSPS) is 10.1. The van der Waals surface area contributed by atoms with Gasteiger partial charge >= 0.3 is 0 Å². The van der Waals surface area contributed by atoms with Crippen LogP contribution in [-0.4, -0.2) is 21.6 Å². The van der Waals surface area contributed by atoms with E-state index in [9.17, 15) is 9.90 Å². The van der Waals surface area contributed by atoms with E-state index in [4.69, 9.17) is 16.3 Å². The number of rotatable bonds is 2. The molecule has 1 aromatic heterocycles. The van der Waals surface area contributed by atoms with Gasteiger partial charge in [0.25, 0.3) is 5.56 Å². The minimum Gasteiger partial charge on any atom is -0.496 e. The van der Waals surface area contributed by atoms with Crippen LogP contribution in [0.3, 0.4) is 0 Å². The lowest BCUT2D eigenvalue weighted by molar-refractivity contribution is 0.397. The van der Waals surface area contributed by atoms with Gasteiger partial charge in [0.2, 0.25) is 5.88 Å². The molecule has 0 aliphatic heterocycles. The Morgan fingerprint density at radius 1 is 1.24 bits per heavy atom. The Kier molecular flexibility index (Phi) is 4.01. The Labute approximate surface area is 127 Å². The molecule has 110 valence electrons. The van der Waals surface area contributed by atoms with Gasteiger partial charge in [-0.15, -0.1) is 5.92 Å². The largest absolute Gasteiger partial charge is 0.496 e. The molecule has 2 rings (SSSR count). The van der Waals surface area contributed by atoms with Crippen molar-refractivity contribution in [3.8, 4) is 34.6 Å². The quantitative estimate of drug-likeness (QED) is 0.865. The lowest BCUT2D eigenvalue weighted by Crippen LogP contribution is -2.17. The SMILES string of the molecule is CC#Cc1cc(Cl)c(-c2c(O)n(C)n(C)c2=O)c(OC)c1. The van der Waals surface area contributed by atoms with E-state index in [0.29, 0.717) is 21.9 Å². The van der Waals surface area contributed by atoms with Crippen LogP contribution in [0.1, 0.15) is 12.5 Å². The topological polar surface area (TPSA) is 56.4 Å². The summed E-state index contributed by atoms with van der Waals surface area (Å²) in [5, 5.41) is 10.5. The minimum atomic E-state index is -0.357. The summed E-state index contributed by atoms with van der Waals surface area (Å²) < 4.78 is 7.94. The van der Waals surface area contributed by atoms with Crippen molar-refractivity contribution >= 4 is 11.6 Å².